The Hall–Kier alpha value is -1.57. The average molecular weight is 230 g/mol. The lowest BCUT2D eigenvalue weighted by atomic mass is 9.67. The zero-order chi connectivity index (χ0) is 12.8. The fourth-order valence-corrected chi connectivity index (χ4v) is 2.49. The first-order chi connectivity index (χ1) is 7.89. The Morgan fingerprint density at radius 2 is 2.00 bits per heavy atom. The third kappa shape index (κ3) is 1.51. The molecule has 90 valence electrons. The van der Waals surface area contributed by atoms with Gasteiger partial charge in [-0.15, -0.1) is 0 Å². The fraction of sp³-hybridized carbons (Fsp3) is 0.400. The standard InChI is InChI=1S/C15H18O2/c1-9-5-8-13-12(11(9)3)7-6-10(2)15(13,4)14(16)17/h5-8,10H,1-4H3,(H,16,17). The predicted octanol–water partition coefficient (Wildman–Crippen LogP) is 3.31. The fourth-order valence-electron chi connectivity index (χ4n) is 2.49. The molecule has 2 rings (SSSR count). The van der Waals surface area contributed by atoms with Gasteiger partial charge in [0, 0.05) is 0 Å². The van der Waals surface area contributed by atoms with Crippen LogP contribution >= 0.6 is 0 Å². The molecule has 17 heavy (non-hydrogen) atoms. The van der Waals surface area contributed by atoms with Crippen LogP contribution in [-0.4, -0.2) is 11.1 Å². The minimum Gasteiger partial charge on any atom is -0.481 e. The average Bonchev–Trinajstić information content (AvgIpc) is 2.28. The topological polar surface area (TPSA) is 37.3 Å². The molecule has 2 unspecified atom stereocenters. The van der Waals surface area contributed by atoms with Gasteiger partial charge in [-0.05, 0) is 48.9 Å². The third-order valence-corrected chi connectivity index (χ3v) is 4.25. The summed E-state index contributed by atoms with van der Waals surface area (Å²) in [7, 11) is 0. The number of carbonyl (C=O) groups is 1. The Bertz CT molecular complexity index is 514. The molecule has 0 heterocycles. The Labute approximate surface area is 102 Å². The van der Waals surface area contributed by atoms with Crippen LogP contribution in [0.1, 0.15) is 36.1 Å². The second kappa shape index (κ2) is 3.73. The quantitative estimate of drug-likeness (QED) is 0.803. The van der Waals surface area contributed by atoms with E-state index in [0.29, 0.717) is 0 Å². The first-order valence-electron chi connectivity index (χ1n) is 5.91. The number of carboxylic acid groups (broad SMARTS) is 1. The molecule has 0 saturated heterocycles. The smallest absolute Gasteiger partial charge is 0.314 e. The molecule has 0 bridgehead atoms. The second-order valence-electron chi connectivity index (χ2n) is 5.12. The van der Waals surface area contributed by atoms with Crippen LogP contribution in [-0.2, 0) is 10.2 Å². The molecule has 1 aromatic rings. The molecule has 0 amide bonds. The van der Waals surface area contributed by atoms with E-state index in [1.165, 1.54) is 11.1 Å². The summed E-state index contributed by atoms with van der Waals surface area (Å²) in [5.74, 6) is -0.742. The van der Waals surface area contributed by atoms with E-state index in [1.54, 1.807) is 0 Å². The van der Waals surface area contributed by atoms with Crippen LogP contribution < -0.4 is 0 Å². The lowest BCUT2D eigenvalue weighted by molar-refractivity contribution is -0.144. The van der Waals surface area contributed by atoms with Crippen molar-refractivity contribution in [3.63, 3.8) is 0 Å². The SMILES string of the molecule is Cc1ccc2c(c1C)C=CC(C)C2(C)C(=O)O. The molecule has 0 radical (unpaired) electrons. The molecular formula is C15H18O2. The van der Waals surface area contributed by atoms with Crippen molar-refractivity contribution >= 4 is 12.0 Å². The molecule has 0 fully saturated rings. The minimum atomic E-state index is -0.817. The van der Waals surface area contributed by atoms with Crippen molar-refractivity contribution in [1.82, 2.24) is 0 Å². The third-order valence-electron chi connectivity index (χ3n) is 4.25. The maximum Gasteiger partial charge on any atom is 0.314 e. The van der Waals surface area contributed by atoms with Gasteiger partial charge >= 0.3 is 5.97 Å². The van der Waals surface area contributed by atoms with E-state index in [4.69, 9.17) is 0 Å². The van der Waals surface area contributed by atoms with Crippen molar-refractivity contribution in [3.8, 4) is 0 Å². The summed E-state index contributed by atoms with van der Waals surface area (Å²) in [5.41, 5.74) is 3.58. The largest absolute Gasteiger partial charge is 0.481 e. The van der Waals surface area contributed by atoms with Crippen molar-refractivity contribution < 1.29 is 9.90 Å². The number of carboxylic acids is 1. The van der Waals surface area contributed by atoms with E-state index in [-0.39, 0.29) is 5.92 Å². The Morgan fingerprint density at radius 1 is 1.35 bits per heavy atom. The molecule has 0 saturated carbocycles. The summed E-state index contributed by atoms with van der Waals surface area (Å²) in [6, 6.07) is 3.98. The summed E-state index contributed by atoms with van der Waals surface area (Å²) in [6.45, 7) is 7.89. The van der Waals surface area contributed by atoms with E-state index in [9.17, 15) is 9.90 Å². The van der Waals surface area contributed by atoms with Crippen molar-refractivity contribution in [2.45, 2.75) is 33.1 Å². The zero-order valence-corrected chi connectivity index (χ0v) is 10.7. The number of rotatable bonds is 1. The molecule has 0 spiro atoms. The van der Waals surface area contributed by atoms with Gasteiger partial charge in [0.05, 0.1) is 5.41 Å². The van der Waals surface area contributed by atoms with Gasteiger partial charge in [-0.1, -0.05) is 31.2 Å². The van der Waals surface area contributed by atoms with Gasteiger partial charge in [0.25, 0.3) is 0 Å². The molecule has 1 aliphatic rings. The van der Waals surface area contributed by atoms with E-state index >= 15 is 0 Å². The first-order valence-corrected chi connectivity index (χ1v) is 5.91. The van der Waals surface area contributed by atoms with Crippen LogP contribution in [0.4, 0.5) is 0 Å². The molecule has 1 aliphatic carbocycles. The molecule has 0 aromatic heterocycles. The molecular weight excluding hydrogens is 212 g/mol. The number of aryl methyl sites for hydroxylation is 1. The maximum atomic E-state index is 11.6. The van der Waals surface area contributed by atoms with Crippen molar-refractivity contribution in [2.24, 2.45) is 5.92 Å². The number of allylic oxidation sites excluding steroid dienone is 1. The molecule has 1 N–H and O–H groups in total. The monoisotopic (exact) mass is 230 g/mol. The molecule has 2 nitrogen and oxygen atoms in total. The van der Waals surface area contributed by atoms with Gasteiger partial charge < -0.3 is 5.11 Å². The second-order valence-corrected chi connectivity index (χ2v) is 5.12. The summed E-state index contributed by atoms with van der Waals surface area (Å²) in [6.07, 6.45) is 4.07. The van der Waals surface area contributed by atoms with Gasteiger partial charge in [0.15, 0.2) is 0 Å². The Morgan fingerprint density at radius 3 is 2.59 bits per heavy atom. The highest BCUT2D eigenvalue weighted by atomic mass is 16.4. The Kier molecular flexibility index (Phi) is 2.61. The van der Waals surface area contributed by atoms with Gasteiger partial charge in [-0.25, -0.2) is 0 Å². The van der Waals surface area contributed by atoms with E-state index < -0.39 is 11.4 Å². The highest BCUT2D eigenvalue weighted by Crippen LogP contribution is 2.41. The highest BCUT2D eigenvalue weighted by molar-refractivity contribution is 5.85. The number of fused-ring (bicyclic) bond motifs is 1. The molecule has 1 aromatic carbocycles. The van der Waals surface area contributed by atoms with Gasteiger partial charge in [0.2, 0.25) is 0 Å². The maximum absolute atomic E-state index is 11.6. The molecule has 0 aliphatic heterocycles. The summed E-state index contributed by atoms with van der Waals surface area (Å²) >= 11 is 0. The number of hydrogen-bond donors (Lipinski definition) is 1. The zero-order valence-electron chi connectivity index (χ0n) is 10.7. The summed E-state index contributed by atoms with van der Waals surface area (Å²) in [5, 5.41) is 9.54. The summed E-state index contributed by atoms with van der Waals surface area (Å²) in [4.78, 5) is 11.6. The number of hydrogen-bond acceptors (Lipinski definition) is 1. The van der Waals surface area contributed by atoms with Crippen molar-refractivity contribution in [3.05, 3.63) is 40.5 Å². The van der Waals surface area contributed by atoms with Gasteiger partial charge in [0.1, 0.15) is 0 Å². The minimum absolute atomic E-state index is 0.00889. The van der Waals surface area contributed by atoms with Crippen LogP contribution in [0.5, 0.6) is 0 Å². The van der Waals surface area contributed by atoms with E-state index in [0.717, 1.165) is 11.1 Å². The number of aliphatic carboxylic acids is 1. The van der Waals surface area contributed by atoms with Crippen LogP contribution in [0.15, 0.2) is 18.2 Å². The number of benzene rings is 1. The lowest BCUT2D eigenvalue weighted by Crippen LogP contribution is -2.40. The van der Waals surface area contributed by atoms with E-state index in [2.05, 4.69) is 19.9 Å². The first kappa shape index (κ1) is 11.9. The highest BCUT2D eigenvalue weighted by Gasteiger charge is 2.43. The molecule has 2 heteroatoms. The van der Waals surface area contributed by atoms with Gasteiger partial charge in [-0.3, -0.25) is 4.79 Å². The van der Waals surface area contributed by atoms with Crippen molar-refractivity contribution in [1.29, 1.82) is 0 Å². The summed E-state index contributed by atoms with van der Waals surface area (Å²) < 4.78 is 0. The van der Waals surface area contributed by atoms with Gasteiger partial charge in [-0.2, -0.15) is 0 Å². The van der Waals surface area contributed by atoms with E-state index in [1.807, 2.05) is 32.1 Å². The predicted molar refractivity (Wildman–Crippen MR) is 69.1 cm³/mol. The van der Waals surface area contributed by atoms with Crippen LogP contribution in [0.25, 0.3) is 6.08 Å². The Balaban J connectivity index is 2.75. The van der Waals surface area contributed by atoms with Crippen LogP contribution in [0, 0.1) is 19.8 Å². The molecule has 2 atom stereocenters. The van der Waals surface area contributed by atoms with Crippen molar-refractivity contribution in [2.75, 3.05) is 0 Å². The normalized spacial score (nSPS) is 26.7. The lowest BCUT2D eigenvalue weighted by Gasteiger charge is -2.35. The van der Waals surface area contributed by atoms with Crippen LogP contribution in [0.2, 0.25) is 0 Å². The van der Waals surface area contributed by atoms with Crippen LogP contribution in [0.3, 0.4) is 0 Å².